The van der Waals surface area contributed by atoms with Gasteiger partial charge >= 0.3 is 0 Å². The highest BCUT2D eigenvalue weighted by Gasteiger charge is 2.38. The van der Waals surface area contributed by atoms with E-state index in [2.05, 4.69) is 48.7 Å². The van der Waals surface area contributed by atoms with Crippen LogP contribution in [0.15, 0.2) is 0 Å². The van der Waals surface area contributed by atoms with Crippen molar-refractivity contribution < 1.29 is 4.79 Å². The van der Waals surface area contributed by atoms with Crippen molar-refractivity contribution in [3.8, 4) is 0 Å². The molecule has 0 aromatic heterocycles. The van der Waals surface area contributed by atoms with Gasteiger partial charge in [-0.05, 0) is 31.4 Å². The Balaban J connectivity index is 2.53. The van der Waals surface area contributed by atoms with Crippen LogP contribution in [0.25, 0.3) is 0 Å². The number of hydrogen-bond acceptors (Lipinski definition) is 2. The molecule has 0 radical (unpaired) electrons. The molecule has 0 bridgehead atoms. The monoisotopic (exact) mass is 341 g/mol. The van der Waals surface area contributed by atoms with Crippen LogP contribution in [0.3, 0.4) is 0 Å². The zero-order chi connectivity index (χ0) is 11.5. The van der Waals surface area contributed by atoms with Crippen LogP contribution in [0.4, 0.5) is 0 Å². The van der Waals surface area contributed by atoms with E-state index in [-0.39, 0.29) is 10.7 Å². The van der Waals surface area contributed by atoms with E-state index in [0.717, 1.165) is 16.6 Å². The van der Waals surface area contributed by atoms with Gasteiger partial charge in [0, 0.05) is 10.5 Å². The van der Waals surface area contributed by atoms with E-state index in [1.165, 1.54) is 6.42 Å². The third-order valence-electron chi connectivity index (χ3n) is 2.99. The number of nitrogens with one attached hydrogen (secondary N) is 1. The Morgan fingerprint density at radius 3 is 2.67 bits per heavy atom. The number of carbonyl (C=O) groups excluding carboxylic acids is 1. The van der Waals surface area contributed by atoms with Crippen molar-refractivity contribution in [2.45, 2.75) is 44.4 Å². The third-order valence-corrected chi connectivity index (χ3v) is 5.45. The minimum absolute atomic E-state index is 0.168. The number of rotatable bonds is 4. The summed E-state index contributed by atoms with van der Waals surface area (Å²) >= 11 is 4.15. The molecule has 1 aliphatic heterocycles. The first-order chi connectivity index (χ1) is 6.99. The summed E-state index contributed by atoms with van der Waals surface area (Å²) in [4.78, 5) is 12.1. The minimum Gasteiger partial charge on any atom is -0.351 e. The fourth-order valence-electron chi connectivity index (χ4n) is 1.66. The second kappa shape index (κ2) is 5.75. The molecule has 1 saturated heterocycles. The van der Waals surface area contributed by atoms with Gasteiger partial charge in [0.15, 0.2) is 0 Å². The lowest BCUT2D eigenvalue weighted by Gasteiger charge is -2.27. The molecule has 88 valence electrons. The Kier molecular flexibility index (Phi) is 5.22. The van der Waals surface area contributed by atoms with Crippen molar-refractivity contribution >= 4 is 40.3 Å². The molecule has 4 heteroatoms. The summed E-state index contributed by atoms with van der Waals surface area (Å²) in [6, 6.07) is 0.316. The second-order valence-electron chi connectivity index (χ2n) is 4.66. The van der Waals surface area contributed by atoms with Gasteiger partial charge in [-0.25, -0.2) is 0 Å². The molecular formula is C11H20INOS. The van der Waals surface area contributed by atoms with Crippen LogP contribution < -0.4 is 5.32 Å². The van der Waals surface area contributed by atoms with E-state index >= 15 is 0 Å². The van der Waals surface area contributed by atoms with Crippen molar-refractivity contribution in [1.29, 1.82) is 0 Å². The maximum atomic E-state index is 12.1. The van der Waals surface area contributed by atoms with E-state index in [1.54, 1.807) is 11.8 Å². The lowest BCUT2D eigenvalue weighted by atomic mass is 10.0. The first-order valence-corrected chi connectivity index (χ1v) is 8.01. The number of amides is 1. The standard InChI is InChI=1S/C11H20INOS/c1-8(2)9(7-12)13-10(14)11(3)5-4-6-15-11/h8-9H,4-7H2,1-3H3,(H,13,14). The highest BCUT2D eigenvalue weighted by Crippen LogP contribution is 2.37. The number of alkyl halides is 1. The molecule has 1 heterocycles. The van der Waals surface area contributed by atoms with Crippen LogP contribution >= 0.6 is 34.4 Å². The second-order valence-corrected chi connectivity index (χ2v) is 7.14. The van der Waals surface area contributed by atoms with Gasteiger partial charge in [0.1, 0.15) is 0 Å². The number of halogens is 1. The summed E-state index contributed by atoms with van der Waals surface area (Å²) in [6.07, 6.45) is 2.20. The summed E-state index contributed by atoms with van der Waals surface area (Å²) in [5.41, 5.74) is 0. The molecular weight excluding hydrogens is 321 g/mol. The van der Waals surface area contributed by atoms with Crippen LogP contribution in [0.2, 0.25) is 0 Å². The average molecular weight is 341 g/mol. The van der Waals surface area contributed by atoms with E-state index in [4.69, 9.17) is 0 Å². The smallest absolute Gasteiger partial charge is 0.236 e. The molecule has 0 aliphatic carbocycles. The molecule has 2 atom stereocenters. The largest absolute Gasteiger partial charge is 0.351 e. The molecule has 0 saturated carbocycles. The van der Waals surface area contributed by atoms with Gasteiger partial charge in [-0.15, -0.1) is 11.8 Å². The Bertz CT molecular complexity index is 227. The lowest BCUT2D eigenvalue weighted by molar-refractivity contribution is -0.123. The Morgan fingerprint density at radius 1 is 1.60 bits per heavy atom. The molecule has 0 spiro atoms. The van der Waals surface area contributed by atoms with Crippen LogP contribution in [0.1, 0.15) is 33.6 Å². The molecule has 2 nitrogen and oxygen atoms in total. The van der Waals surface area contributed by atoms with Crippen molar-refractivity contribution in [1.82, 2.24) is 5.32 Å². The van der Waals surface area contributed by atoms with E-state index in [0.29, 0.717) is 12.0 Å². The zero-order valence-electron chi connectivity index (χ0n) is 9.68. The first kappa shape index (κ1) is 13.6. The summed E-state index contributed by atoms with van der Waals surface area (Å²) in [5.74, 6) is 1.88. The molecule has 1 amide bonds. The highest BCUT2D eigenvalue weighted by molar-refractivity contribution is 14.1. The van der Waals surface area contributed by atoms with Crippen LogP contribution in [-0.4, -0.2) is 26.9 Å². The number of carbonyl (C=O) groups is 1. The van der Waals surface area contributed by atoms with Crippen LogP contribution in [-0.2, 0) is 4.79 Å². The molecule has 1 aliphatic rings. The minimum atomic E-state index is -0.168. The molecule has 2 unspecified atom stereocenters. The molecule has 1 rings (SSSR count). The van der Waals surface area contributed by atoms with Crippen molar-refractivity contribution in [2.75, 3.05) is 10.2 Å². The fourth-order valence-corrected chi connectivity index (χ4v) is 4.12. The molecule has 0 aromatic rings. The van der Waals surface area contributed by atoms with Gasteiger partial charge in [-0.3, -0.25) is 4.79 Å². The maximum absolute atomic E-state index is 12.1. The molecule has 0 aromatic carbocycles. The zero-order valence-corrected chi connectivity index (χ0v) is 12.7. The predicted molar refractivity (Wildman–Crippen MR) is 75.8 cm³/mol. The van der Waals surface area contributed by atoms with E-state index in [9.17, 15) is 4.79 Å². The number of hydrogen-bond donors (Lipinski definition) is 1. The summed E-state index contributed by atoms with van der Waals surface area (Å²) in [6.45, 7) is 6.39. The van der Waals surface area contributed by atoms with Gasteiger partial charge in [0.05, 0.1) is 4.75 Å². The van der Waals surface area contributed by atoms with Gasteiger partial charge in [0.25, 0.3) is 0 Å². The van der Waals surface area contributed by atoms with Gasteiger partial charge < -0.3 is 5.32 Å². The normalized spacial score (nSPS) is 28.1. The van der Waals surface area contributed by atoms with Crippen LogP contribution in [0.5, 0.6) is 0 Å². The van der Waals surface area contributed by atoms with Gasteiger partial charge in [-0.2, -0.15) is 0 Å². The topological polar surface area (TPSA) is 29.1 Å². The first-order valence-electron chi connectivity index (χ1n) is 5.50. The fraction of sp³-hybridized carbons (Fsp3) is 0.909. The van der Waals surface area contributed by atoms with E-state index < -0.39 is 0 Å². The Morgan fingerprint density at radius 2 is 2.27 bits per heavy atom. The summed E-state index contributed by atoms with van der Waals surface area (Å²) in [5, 5.41) is 3.18. The maximum Gasteiger partial charge on any atom is 0.236 e. The summed E-state index contributed by atoms with van der Waals surface area (Å²) < 4.78 is 0.820. The predicted octanol–water partition coefficient (Wildman–Crippen LogP) is 2.85. The van der Waals surface area contributed by atoms with Gasteiger partial charge in [-0.1, -0.05) is 36.4 Å². The van der Waals surface area contributed by atoms with Crippen molar-refractivity contribution in [3.63, 3.8) is 0 Å². The molecule has 1 fully saturated rings. The average Bonchev–Trinajstić information content (AvgIpc) is 2.61. The number of thioether (sulfide) groups is 1. The Hall–Kier alpha value is 0.550. The molecule has 1 N–H and O–H groups in total. The van der Waals surface area contributed by atoms with Crippen molar-refractivity contribution in [3.05, 3.63) is 0 Å². The van der Waals surface area contributed by atoms with E-state index in [1.807, 2.05) is 0 Å². The van der Waals surface area contributed by atoms with Gasteiger partial charge in [0.2, 0.25) is 5.91 Å². The third kappa shape index (κ3) is 3.51. The quantitative estimate of drug-likeness (QED) is 0.629. The lowest BCUT2D eigenvalue weighted by Crippen LogP contribution is -2.48. The SMILES string of the molecule is CC(C)C(CI)NC(=O)C1(C)CCCS1. The Labute approximate surface area is 110 Å². The highest BCUT2D eigenvalue weighted by atomic mass is 127. The van der Waals surface area contributed by atoms with Crippen molar-refractivity contribution in [2.24, 2.45) is 5.92 Å². The summed E-state index contributed by atoms with van der Waals surface area (Å²) in [7, 11) is 0. The molecule has 15 heavy (non-hydrogen) atoms. The van der Waals surface area contributed by atoms with Crippen LogP contribution in [0, 0.1) is 5.92 Å².